The van der Waals surface area contributed by atoms with Crippen molar-refractivity contribution in [3.8, 4) is 0 Å². The summed E-state index contributed by atoms with van der Waals surface area (Å²) in [6, 6.07) is 0.837. The van der Waals surface area contributed by atoms with Crippen molar-refractivity contribution in [3.05, 3.63) is 34.9 Å². The van der Waals surface area contributed by atoms with E-state index in [2.05, 4.69) is 0 Å². The SMILES string of the molecule is Cc1cc(C(=O)N2CCCC[C@@H]2C(=O)O)c(F)cc1F. The summed E-state index contributed by atoms with van der Waals surface area (Å²) in [5.41, 5.74) is -0.129. The fraction of sp³-hybridized carbons (Fsp3) is 0.429. The molecule has 108 valence electrons. The Balaban J connectivity index is 2.34. The molecule has 20 heavy (non-hydrogen) atoms. The van der Waals surface area contributed by atoms with E-state index in [9.17, 15) is 18.4 Å². The lowest BCUT2D eigenvalue weighted by atomic mass is 10.00. The number of carboxylic acid groups (broad SMARTS) is 1. The van der Waals surface area contributed by atoms with Gasteiger partial charge in [-0.05, 0) is 37.8 Å². The molecule has 0 unspecified atom stereocenters. The van der Waals surface area contributed by atoms with Gasteiger partial charge in [-0.1, -0.05) is 0 Å². The van der Waals surface area contributed by atoms with Crippen molar-refractivity contribution >= 4 is 11.9 Å². The summed E-state index contributed by atoms with van der Waals surface area (Å²) in [6.07, 6.45) is 1.74. The fourth-order valence-corrected chi connectivity index (χ4v) is 2.41. The van der Waals surface area contributed by atoms with Crippen molar-refractivity contribution in [2.45, 2.75) is 32.2 Å². The molecule has 1 amide bonds. The minimum Gasteiger partial charge on any atom is -0.480 e. The topological polar surface area (TPSA) is 57.6 Å². The van der Waals surface area contributed by atoms with Gasteiger partial charge in [-0.2, -0.15) is 0 Å². The molecular formula is C14H15F2NO3. The van der Waals surface area contributed by atoms with Gasteiger partial charge in [-0.15, -0.1) is 0 Å². The van der Waals surface area contributed by atoms with Gasteiger partial charge in [0.15, 0.2) is 0 Å². The van der Waals surface area contributed by atoms with Crippen molar-refractivity contribution in [3.63, 3.8) is 0 Å². The van der Waals surface area contributed by atoms with Gasteiger partial charge in [0, 0.05) is 12.6 Å². The van der Waals surface area contributed by atoms with E-state index in [1.165, 1.54) is 6.92 Å². The number of rotatable bonds is 2. The summed E-state index contributed by atoms with van der Waals surface area (Å²) in [4.78, 5) is 24.6. The van der Waals surface area contributed by atoms with Crippen LogP contribution in [0.2, 0.25) is 0 Å². The van der Waals surface area contributed by atoms with E-state index in [4.69, 9.17) is 5.11 Å². The Labute approximate surface area is 115 Å². The third-order valence-corrected chi connectivity index (χ3v) is 3.53. The van der Waals surface area contributed by atoms with Crippen LogP contribution in [0.15, 0.2) is 12.1 Å². The number of carbonyl (C=O) groups is 2. The number of carboxylic acids is 1. The van der Waals surface area contributed by atoms with Gasteiger partial charge in [0.1, 0.15) is 17.7 Å². The molecule has 0 saturated carbocycles. The summed E-state index contributed by atoms with van der Waals surface area (Å²) in [5.74, 6) is -3.49. The maximum atomic E-state index is 13.7. The summed E-state index contributed by atoms with van der Waals surface area (Å²) in [5, 5.41) is 9.12. The largest absolute Gasteiger partial charge is 0.480 e. The number of nitrogens with zero attached hydrogens (tertiary/aromatic N) is 1. The molecule has 1 aliphatic rings. The van der Waals surface area contributed by atoms with Crippen LogP contribution in [0.5, 0.6) is 0 Å². The van der Waals surface area contributed by atoms with Crippen LogP contribution >= 0.6 is 0 Å². The van der Waals surface area contributed by atoms with Crippen molar-refractivity contribution in [1.29, 1.82) is 0 Å². The molecule has 2 rings (SSSR count). The van der Waals surface area contributed by atoms with Crippen LogP contribution in [0, 0.1) is 18.6 Å². The number of benzene rings is 1. The molecule has 1 aromatic rings. The maximum Gasteiger partial charge on any atom is 0.326 e. The maximum absolute atomic E-state index is 13.7. The average molecular weight is 283 g/mol. The van der Waals surface area contributed by atoms with E-state index in [1.807, 2.05) is 0 Å². The molecule has 6 heteroatoms. The van der Waals surface area contributed by atoms with Gasteiger partial charge in [0.2, 0.25) is 0 Å². The third kappa shape index (κ3) is 2.64. The molecule has 1 fully saturated rings. The van der Waals surface area contributed by atoms with Gasteiger partial charge in [-0.25, -0.2) is 13.6 Å². The predicted octanol–water partition coefficient (Wildman–Crippen LogP) is 2.35. The van der Waals surface area contributed by atoms with Crippen LogP contribution in [-0.4, -0.2) is 34.5 Å². The summed E-state index contributed by atoms with van der Waals surface area (Å²) < 4.78 is 26.9. The van der Waals surface area contributed by atoms with Crippen LogP contribution < -0.4 is 0 Å². The van der Waals surface area contributed by atoms with Crippen LogP contribution in [0.3, 0.4) is 0 Å². The quantitative estimate of drug-likeness (QED) is 0.906. The highest BCUT2D eigenvalue weighted by Gasteiger charge is 2.33. The molecule has 0 bridgehead atoms. The zero-order chi connectivity index (χ0) is 14.9. The highest BCUT2D eigenvalue weighted by molar-refractivity contribution is 5.97. The lowest BCUT2D eigenvalue weighted by Gasteiger charge is -2.33. The molecular weight excluding hydrogens is 268 g/mol. The summed E-state index contributed by atoms with van der Waals surface area (Å²) >= 11 is 0. The monoisotopic (exact) mass is 283 g/mol. The molecule has 1 aliphatic heterocycles. The Morgan fingerprint density at radius 3 is 2.60 bits per heavy atom. The minimum absolute atomic E-state index is 0.152. The van der Waals surface area contributed by atoms with Gasteiger partial charge in [0.25, 0.3) is 5.91 Å². The fourth-order valence-electron chi connectivity index (χ4n) is 2.41. The second kappa shape index (κ2) is 5.56. The molecule has 1 N–H and O–H groups in total. The van der Waals surface area contributed by atoms with Gasteiger partial charge in [0.05, 0.1) is 5.56 Å². The average Bonchev–Trinajstić information content (AvgIpc) is 2.42. The predicted molar refractivity (Wildman–Crippen MR) is 67.4 cm³/mol. The molecule has 0 spiro atoms. The molecule has 4 nitrogen and oxygen atoms in total. The Kier molecular flexibility index (Phi) is 4.01. The number of likely N-dealkylation sites (tertiary alicyclic amines) is 1. The highest BCUT2D eigenvalue weighted by atomic mass is 19.1. The van der Waals surface area contributed by atoms with Crippen molar-refractivity contribution in [2.75, 3.05) is 6.54 Å². The van der Waals surface area contributed by atoms with Crippen LogP contribution in [0.4, 0.5) is 8.78 Å². The first-order valence-electron chi connectivity index (χ1n) is 6.41. The van der Waals surface area contributed by atoms with Crippen molar-refractivity contribution in [2.24, 2.45) is 0 Å². The lowest BCUT2D eigenvalue weighted by molar-refractivity contribution is -0.143. The first-order valence-corrected chi connectivity index (χ1v) is 6.41. The Hall–Kier alpha value is -1.98. The van der Waals surface area contributed by atoms with Crippen molar-refractivity contribution < 1.29 is 23.5 Å². The standard InChI is InChI=1S/C14H15F2NO3/c1-8-6-9(11(16)7-10(8)15)13(18)17-5-3-2-4-12(17)14(19)20/h6-7,12H,2-5H2,1H3,(H,19,20)/t12-/m1/s1. The zero-order valence-corrected chi connectivity index (χ0v) is 11.0. The molecule has 0 radical (unpaired) electrons. The minimum atomic E-state index is -1.10. The Morgan fingerprint density at radius 2 is 1.95 bits per heavy atom. The second-order valence-electron chi connectivity index (χ2n) is 4.93. The summed E-state index contributed by atoms with van der Waals surface area (Å²) in [6.45, 7) is 1.70. The number of carbonyl (C=O) groups excluding carboxylic acids is 1. The number of halogens is 2. The number of aliphatic carboxylic acids is 1. The number of amides is 1. The van der Waals surface area contributed by atoms with E-state index in [1.54, 1.807) is 0 Å². The Bertz CT molecular complexity index is 560. The molecule has 1 heterocycles. The van der Waals surface area contributed by atoms with E-state index >= 15 is 0 Å². The number of hydrogen-bond acceptors (Lipinski definition) is 2. The van der Waals surface area contributed by atoms with Crippen LogP contribution in [0.1, 0.15) is 35.2 Å². The van der Waals surface area contributed by atoms with E-state index in [0.717, 1.165) is 11.0 Å². The molecule has 1 atom stereocenters. The third-order valence-electron chi connectivity index (χ3n) is 3.53. The number of piperidine rings is 1. The molecule has 0 aliphatic carbocycles. The van der Waals surface area contributed by atoms with E-state index < -0.39 is 29.6 Å². The van der Waals surface area contributed by atoms with Gasteiger partial charge < -0.3 is 10.0 Å². The zero-order valence-electron chi connectivity index (χ0n) is 11.0. The normalized spacial score (nSPS) is 18.9. The molecule has 1 aromatic carbocycles. The van der Waals surface area contributed by atoms with Crippen LogP contribution in [0.25, 0.3) is 0 Å². The molecule has 1 saturated heterocycles. The van der Waals surface area contributed by atoms with Crippen molar-refractivity contribution in [1.82, 2.24) is 4.90 Å². The van der Waals surface area contributed by atoms with Gasteiger partial charge in [-0.3, -0.25) is 4.79 Å². The highest BCUT2D eigenvalue weighted by Crippen LogP contribution is 2.22. The van der Waals surface area contributed by atoms with Gasteiger partial charge >= 0.3 is 5.97 Å². The Morgan fingerprint density at radius 1 is 1.25 bits per heavy atom. The van der Waals surface area contributed by atoms with E-state index in [0.29, 0.717) is 25.3 Å². The lowest BCUT2D eigenvalue weighted by Crippen LogP contribution is -2.48. The molecule has 0 aromatic heterocycles. The smallest absolute Gasteiger partial charge is 0.326 e. The number of aryl methyl sites for hydroxylation is 1. The van der Waals surface area contributed by atoms with E-state index in [-0.39, 0.29) is 17.7 Å². The first kappa shape index (κ1) is 14.4. The number of hydrogen-bond donors (Lipinski definition) is 1. The van der Waals surface area contributed by atoms with Crippen LogP contribution in [-0.2, 0) is 4.79 Å². The second-order valence-corrected chi connectivity index (χ2v) is 4.93. The first-order chi connectivity index (χ1) is 9.41. The summed E-state index contributed by atoms with van der Waals surface area (Å²) in [7, 11) is 0.